The number of thioether (sulfide) groups is 1. The monoisotopic (exact) mass is 211 g/mol. The molecule has 4 heteroatoms. The van der Waals surface area contributed by atoms with Crippen LogP contribution in [0.2, 0.25) is 0 Å². The van der Waals surface area contributed by atoms with Crippen molar-refractivity contribution in [2.45, 2.75) is 31.3 Å². The number of nitrogens with zero attached hydrogens (tertiary/aromatic N) is 2. The Balaban J connectivity index is 1.73. The van der Waals surface area contributed by atoms with Gasteiger partial charge in [-0.2, -0.15) is 11.8 Å². The van der Waals surface area contributed by atoms with Crippen LogP contribution in [0.5, 0.6) is 0 Å². The molecule has 0 spiro atoms. The zero-order valence-corrected chi connectivity index (χ0v) is 9.17. The number of nitrogens with two attached hydrogens (primary N) is 1. The molecule has 14 heavy (non-hydrogen) atoms. The van der Waals surface area contributed by atoms with E-state index in [-0.39, 0.29) is 0 Å². The molecule has 0 aromatic rings. The molecule has 0 aromatic heterocycles. The number of aliphatic imine (C=N–C) groups is 1. The standard InChI is InChI=1S/C10H17N3S/c11-10-12-5-9(7-3-4-14-6-7)13(10)8-1-2-8/h7-9H,1-6H2,(H2,11,12). The summed E-state index contributed by atoms with van der Waals surface area (Å²) in [5.74, 6) is 4.30. The molecule has 1 saturated heterocycles. The molecule has 2 heterocycles. The summed E-state index contributed by atoms with van der Waals surface area (Å²) in [5.41, 5.74) is 5.95. The third-order valence-electron chi connectivity index (χ3n) is 3.51. The van der Waals surface area contributed by atoms with Crippen molar-refractivity contribution in [3.8, 4) is 0 Å². The molecule has 3 rings (SSSR count). The summed E-state index contributed by atoms with van der Waals surface area (Å²) in [7, 11) is 0. The minimum Gasteiger partial charge on any atom is -0.370 e. The van der Waals surface area contributed by atoms with Crippen molar-refractivity contribution >= 4 is 17.7 Å². The Morgan fingerprint density at radius 1 is 1.36 bits per heavy atom. The fourth-order valence-electron chi connectivity index (χ4n) is 2.57. The summed E-state index contributed by atoms with van der Waals surface area (Å²) in [6, 6.07) is 1.37. The SMILES string of the molecule is NC1=NCC(C2CCSC2)N1C1CC1. The van der Waals surface area contributed by atoms with Crippen LogP contribution in [-0.4, -0.2) is 41.0 Å². The largest absolute Gasteiger partial charge is 0.370 e. The summed E-state index contributed by atoms with van der Waals surface area (Å²) in [5, 5.41) is 0. The van der Waals surface area contributed by atoms with Gasteiger partial charge in [-0.05, 0) is 36.7 Å². The second-order valence-corrected chi connectivity index (χ2v) is 5.68. The van der Waals surface area contributed by atoms with Crippen LogP contribution in [0.25, 0.3) is 0 Å². The van der Waals surface area contributed by atoms with Crippen molar-refractivity contribution in [3.63, 3.8) is 0 Å². The van der Waals surface area contributed by atoms with Gasteiger partial charge in [0.15, 0.2) is 5.96 Å². The molecule has 0 bridgehead atoms. The lowest BCUT2D eigenvalue weighted by atomic mass is 9.98. The lowest BCUT2D eigenvalue weighted by Gasteiger charge is -2.30. The first kappa shape index (κ1) is 8.89. The molecule has 3 aliphatic rings. The van der Waals surface area contributed by atoms with E-state index in [0.29, 0.717) is 6.04 Å². The fourth-order valence-corrected chi connectivity index (χ4v) is 3.90. The van der Waals surface area contributed by atoms with Crippen molar-refractivity contribution in [2.24, 2.45) is 16.6 Å². The Labute approximate surface area is 89.1 Å². The van der Waals surface area contributed by atoms with Gasteiger partial charge < -0.3 is 10.6 Å². The Morgan fingerprint density at radius 3 is 2.86 bits per heavy atom. The molecule has 1 aliphatic carbocycles. The molecule has 2 atom stereocenters. The quantitative estimate of drug-likeness (QED) is 0.738. The van der Waals surface area contributed by atoms with Crippen LogP contribution < -0.4 is 5.73 Å². The van der Waals surface area contributed by atoms with Gasteiger partial charge >= 0.3 is 0 Å². The van der Waals surface area contributed by atoms with Crippen molar-refractivity contribution < 1.29 is 0 Å². The van der Waals surface area contributed by atoms with Crippen molar-refractivity contribution in [2.75, 3.05) is 18.1 Å². The van der Waals surface area contributed by atoms with Gasteiger partial charge in [-0.3, -0.25) is 4.99 Å². The second kappa shape index (κ2) is 3.33. The first-order valence-corrected chi connectivity index (χ1v) is 6.68. The minimum atomic E-state index is 0.637. The van der Waals surface area contributed by atoms with Crippen molar-refractivity contribution in [1.29, 1.82) is 0 Å². The molecular formula is C10H17N3S. The first-order chi connectivity index (χ1) is 6.86. The van der Waals surface area contributed by atoms with E-state index in [1.807, 2.05) is 0 Å². The number of hydrogen-bond acceptors (Lipinski definition) is 4. The predicted octanol–water partition coefficient (Wildman–Crippen LogP) is 0.901. The van der Waals surface area contributed by atoms with E-state index < -0.39 is 0 Å². The van der Waals surface area contributed by atoms with Crippen molar-refractivity contribution in [1.82, 2.24) is 4.90 Å². The van der Waals surface area contributed by atoms with Crippen molar-refractivity contribution in [3.05, 3.63) is 0 Å². The third kappa shape index (κ3) is 1.40. The van der Waals surface area contributed by atoms with Crippen LogP contribution in [0.4, 0.5) is 0 Å². The van der Waals surface area contributed by atoms with Crippen LogP contribution in [0, 0.1) is 5.92 Å². The van der Waals surface area contributed by atoms with Crippen LogP contribution >= 0.6 is 11.8 Å². The maximum absolute atomic E-state index is 5.95. The van der Waals surface area contributed by atoms with E-state index >= 15 is 0 Å². The summed E-state index contributed by atoms with van der Waals surface area (Å²) >= 11 is 2.09. The Kier molecular flexibility index (Phi) is 2.11. The number of hydrogen-bond donors (Lipinski definition) is 1. The lowest BCUT2D eigenvalue weighted by Crippen LogP contribution is -2.46. The smallest absolute Gasteiger partial charge is 0.191 e. The molecule has 1 saturated carbocycles. The molecule has 3 nitrogen and oxygen atoms in total. The number of rotatable bonds is 2. The molecule has 2 fully saturated rings. The van der Waals surface area contributed by atoms with E-state index in [2.05, 4.69) is 21.7 Å². The maximum Gasteiger partial charge on any atom is 0.191 e. The lowest BCUT2D eigenvalue weighted by molar-refractivity contribution is 0.258. The summed E-state index contributed by atoms with van der Waals surface area (Å²) < 4.78 is 0. The summed E-state index contributed by atoms with van der Waals surface area (Å²) in [4.78, 5) is 6.83. The predicted molar refractivity (Wildman–Crippen MR) is 60.6 cm³/mol. The van der Waals surface area contributed by atoms with Crippen LogP contribution in [0.1, 0.15) is 19.3 Å². The normalized spacial score (nSPS) is 37.7. The molecule has 2 aliphatic heterocycles. The zero-order valence-electron chi connectivity index (χ0n) is 8.35. The Bertz CT molecular complexity index is 256. The zero-order chi connectivity index (χ0) is 9.54. The van der Waals surface area contributed by atoms with Gasteiger partial charge in [-0.25, -0.2) is 0 Å². The van der Waals surface area contributed by atoms with E-state index in [9.17, 15) is 0 Å². The molecule has 0 amide bonds. The van der Waals surface area contributed by atoms with Gasteiger partial charge in [-0.15, -0.1) is 0 Å². The van der Waals surface area contributed by atoms with Crippen LogP contribution in [-0.2, 0) is 0 Å². The molecule has 2 unspecified atom stereocenters. The highest BCUT2D eigenvalue weighted by atomic mass is 32.2. The summed E-state index contributed by atoms with van der Waals surface area (Å²) in [6.45, 7) is 0.952. The van der Waals surface area contributed by atoms with Crippen LogP contribution in [0.15, 0.2) is 4.99 Å². The van der Waals surface area contributed by atoms with Gasteiger partial charge in [0.25, 0.3) is 0 Å². The average molecular weight is 211 g/mol. The van der Waals surface area contributed by atoms with Gasteiger partial charge in [0.2, 0.25) is 0 Å². The first-order valence-electron chi connectivity index (χ1n) is 5.52. The number of guanidine groups is 1. The molecule has 0 aromatic carbocycles. The topological polar surface area (TPSA) is 41.6 Å². The summed E-state index contributed by atoms with van der Waals surface area (Å²) in [6.07, 6.45) is 4.01. The molecular weight excluding hydrogens is 194 g/mol. The molecule has 2 N–H and O–H groups in total. The molecule has 0 radical (unpaired) electrons. The van der Waals surface area contributed by atoms with Gasteiger partial charge in [0.1, 0.15) is 0 Å². The van der Waals surface area contributed by atoms with Gasteiger partial charge in [0.05, 0.1) is 12.6 Å². The van der Waals surface area contributed by atoms with Crippen LogP contribution in [0.3, 0.4) is 0 Å². The Morgan fingerprint density at radius 2 is 2.21 bits per heavy atom. The molecule has 78 valence electrons. The van der Waals surface area contributed by atoms with E-state index in [4.69, 9.17) is 5.73 Å². The highest BCUT2D eigenvalue weighted by molar-refractivity contribution is 7.99. The maximum atomic E-state index is 5.95. The van der Waals surface area contributed by atoms with E-state index in [1.165, 1.54) is 30.8 Å². The minimum absolute atomic E-state index is 0.637. The highest BCUT2D eigenvalue weighted by Gasteiger charge is 2.42. The highest BCUT2D eigenvalue weighted by Crippen LogP contribution is 2.37. The fraction of sp³-hybridized carbons (Fsp3) is 0.900. The van der Waals surface area contributed by atoms with E-state index in [0.717, 1.165) is 24.5 Å². The Hall–Kier alpha value is -0.380. The van der Waals surface area contributed by atoms with Gasteiger partial charge in [0, 0.05) is 6.04 Å². The third-order valence-corrected chi connectivity index (χ3v) is 4.70. The average Bonchev–Trinajstić information content (AvgIpc) is 2.75. The van der Waals surface area contributed by atoms with Gasteiger partial charge in [-0.1, -0.05) is 0 Å². The second-order valence-electron chi connectivity index (χ2n) is 4.53. The van der Waals surface area contributed by atoms with E-state index in [1.54, 1.807) is 0 Å².